The SMILES string of the molecule is [C-]#[N+]c1cccc(-c2cccc(-c3ccccc3-c3nc(-c4ccccc4)nc(-c4ccc(-c5cccc6ccccc56)cc4)n3)c2)c1-c1ccccc1-c1ccc2c3ccccc3c3ccccc3c2c1. The standard InChI is InChI=1S/C68H42N4/c1-69-64-35-17-34-55(65(64)61-31-13-7-25-53(61)50-40-41-60-58-29-10-9-27-56(58)57-28-11-12-30-59(57)63(60)43-50)49-23-15-22-48(42-49)54-26-8-14-32-62(54)68-71-66(46-19-3-2-4-20-46)70-67(72-68)47-38-36-45(37-39-47)52-33-16-21-44-18-5-6-24-51(44)52/h2-43H. The van der Waals surface area contributed by atoms with Crippen molar-refractivity contribution in [3.63, 3.8) is 0 Å². The van der Waals surface area contributed by atoms with Crippen molar-refractivity contribution >= 4 is 48.8 Å². The largest absolute Gasteiger partial charge is 0.237 e. The summed E-state index contributed by atoms with van der Waals surface area (Å²) >= 11 is 0. The lowest BCUT2D eigenvalue weighted by atomic mass is 9.86. The lowest BCUT2D eigenvalue weighted by Gasteiger charge is -2.18. The topological polar surface area (TPSA) is 43.0 Å². The first-order valence-electron chi connectivity index (χ1n) is 24.2. The molecule has 0 aliphatic heterocycles. The van der Waals surface area contributed by atoms with E-state index in [0.717, 1.165) is 66.8 Å². The Hall–Kier alpha value is -9.82. The van der Waals surface area contributed by atoms with Crippen LogP contribution in [-0.4, -0.2) is 15.0 Å². The third-order valence-electron chi connectivity index (χ3n) is 14.0. The molecule has 72 heavy (non-hydrogen) atoms. The molecule has 4 heteroatoms. The molecule has 0 aliphatic carbocycles. The van der Waals surface area contributed by atoms with Gasteiger partial charge in [0.1, 0.15) is 0 Å². The molecule has 0 radical (unpaired) electrons. The van der Waals surface area contributed by atoms with Crippen LogP contribution in [0, 0.1) is 6.57 Å². The van der Waals surface area contributed by atoms with E-state index in [1.807, 2.05) is 48.5 Å². The summed E-state index contributed by atoms with van der Waals surface area (Å²) in [6.45, 7) is 8.49. The molecule has 0 atom stereocenters. The Morgan fingerprint density at radius 3 is 1.36 bits per heavy atom. The van der Waals surface area contributed by atoms with Gasteiger partial charge in [-0.1, -0.05) is 243 Å². The van der Waals surface area contributed by atoms with Crippen LogP contribution in [0.2, 0.25) is 0 Å². The summed E-state index contributed by atoms with van der Waals surface area (Å²) in [5.41, 5.74) is 13.7. The molecule has 0 N–H and O–H groups in total. The highest BCUT2D eigenvalue weighted by atomic mass is 15.0. The van der Waals surface area contributed by atoms with Gasteiger partial charge in [-0.15, -0.1) is 0 Å². The van der Waals surface area contributed by atoms with Crippen molar-refractivity contribution in [1.82, 2.24) is 15.0 Å². The molecule has 0 saturated heterocycles. The maximum atomic E-state index is 8.49. The number of benzene rings is 12. The molecule has 0 aliphatic rings. The van der Waals surface area contributed by atoms with Gasteiger partial charge in [-0.05, 0) is 111 Å². The van der Waals surface area contributed by atoms with E-state index in [-0.39, 0.29) is 0 Å². The van der Waals surface area contributed by atoms with Gasteiger partial charge in [-0.25, -0.2) is 19.8 Å². The minimum atomic E-state index is 0.582. The second-order valence-corrected chi connectivity index (χ2v) is 18.1. The number of hydrogen-bond donors (Lipinski definition) is 0. The first kappa shape index (κ1) is 42.3. The third-order valence-corrected chi connectivity index (χ3v) is 14.0. The number of hydrogen-bond acceptors (Lipinski definition) is 3. The predicted octanol–water partition coefficient (Wildman–Crippen LogP) is 18.4. The number of nitrogens with zero attached hydrogens (tertiary/aromatic N) is 4. The van der Waals surface area contributed by atoms with Crippen LogP contribution in [-0.2, 0) is 0 Å². The molecule has 0 amide bonds. The van der Waals surface area contributed by atoms with E-state index in [4.69, 9.17) is 21.5 Å². The fourth-order valence-corrected chi connectivity index (χ4v) is 10.6. The Bertz CT molecular complexity index is 4240. The molecule has 1 aromatic heterocycles. The maximum Gasteiger partial charge on any atom is 0.195 e. The Morgan fingerprint density at radius 2 is 0.667 bits per heavy atom. The van der Waals surface area contributed by atoms with Crippen molar-refractivity contribution in [1.29, 1.82) is 0 Å². The van der Waals surface area contributed by atoms with Crippen molar-refractivity contribution in [3.8, 4) is 89.8 Å². The normalized spacial score (nSPS) is 11.3. The van der Waals surface area contributed by atoms with Crippen LogP contribution in [0.25, 0.3) is 138 Å². The van der Waals surface area contributed by atoms with E-state index in [2.05, 4.69) is 211 Å². The van der Waals surface area contributed by atoms with E-state index < -0.39 is 0 Å². The highest BCUT2D eigenvalue weighted by Crippen LogP contribution is 2.46. The van der Waals surface area contributed by atoms with E-state index in [1.165, 1.54) is 48.7 Å². The average Bonchev–Trinajstić information content (AvgIpc) is 3.47. The molecule has 0 spiro atoms. The fourth-order valence-electron chi connectivity index (χ4n) is 10.6. The molecule has 0 unspecified atom stereocenters. The van der Waals surface area contributed by atoms with Gasteiger partial charge in [0.25, 0.3) is 0 Å². The fraction of sp³-hybridized carbons (Fsp3) is 0. The van der Waals surface area contributed by atoms with Crippen LogP contribution in [0.5, 0.6) is 0 Å². The lowest BCUT2D eigenvalue weighted by molar-refractivity contribution is 1.07. The maximum absolute atomic E-state index is 8.49. The summed E-state index contributed by atoms with van der Waals surface area (Å²) in [5, 5.41) is 9.81. The summed E-state index contributed by atoms with van der Waals surface area (Å²) in [7, 11) is 0. The Balaban J connectivity index is 0.917. The van der Waals surface area contributed by atoms with Crippen LogP contribution < -0.4 is 0 Å². The first-order chi connectivity index (χ1) is 35.7. The zero-order chi connectivity index (χ0) is 48.0. The third kappa shape index (κ3) is 7.45. The van der Waals surface area contributed by atoms with Crippen LogP contribution >= 0.6 is 0 Å². The molecular formula is C68H42N4. The van der Waals surface area contributed by atoms with Gasteiger partial charge in [-0.3, -0.25) is 0 Å². The van der Waals surface area contributed by atoms with Crippen molar-refractivity contribution < 1.29 is 0 Å². The quantitative estimate of drug-likeness (QED) is 0.113. The summed E-state index contributed by atoms with van der Waals surface area (Å²) < 4.78 is 0. The summed E-state index contributed by atoms with van der Waals surface area (Å²) in [6, 6.07) is 89.3. The molecular weight excluding hydrogens is 873 g/mol. The summed E-state index contributed by atoms with van der Waals surface area (Å²) in [4.78, 5) is 19.6. The van der Waals surface area contributed by atoms with Crippen LogP contribution in [0.4, 0.5) is 5.69 Å². The van der Waals surface area contributed by atoms with Crippen molar-refractivity contribution in [2.45, 2.75) is 0 Å². The second kappa shape index (κ2) is 17.9. The monoisotopic (exact) mass is 914 g/mol. The molecule has 4 nitrogen and oxygen atoms in total. The molecule has 0 fully saturated rings. The minimum Gasteiger partial charge on any atom is -0.237 e. The average molecular weight is 915 g/mol. The highest BCUT2D eigenvalue weighted by molar-refractivity contribution is 6.26. The molecule has 0 bridgehead atoms. The van der Waals surface area contributed by atoms with E-state index in [9.17, 15) is 0 Å². The molecule has 0 saturated carbocycles. The van der Waals surface area contributed by atoms with Gasteiger partial charge in [0.15, 0.2) is 23.2 Å². The first-order valence-corrected chi connectivity index (χ1v) is 24.2. The summed E-state index contributed by atoms with van der Waals surface area (Å²) in [6.07, 6.45) is 0. The van der Waals surface area contributed by atoms with E-state index in [0.29, 0.717) is 23.2 Å². The minimum absolute atomic E-state index is 0.582. The van der Waals surface area contributed by atoms with Gasteiger partial charge in [0, 0.05) is 16.7 Å². The second-order valence-electron chi connectivity index (χ2n) is 18.1. The predicted molar refractivity (Wildman–Crippen MR) is 300 cm³/mol. The number of fused-ring (bicyclic) bond motifs is 7. The van der Waals surface area contributed by atoms with Gasteiger partial charge in [0.05, 0.1) is 6.57 Å². The van der Waals surface area contributed by atoms with E-state index in [1.54, 1.807) is 0 Å². The Morgan fingerprint density at radius 1 is 0.250 bits per heavy atom. The number of aromatic nitrogens is 3. The number of rotatable bonds is 8. The van der Waals surface area contributed by atoms with Crippen LogP contribution in [0.3, 0.4) is 0 Å². The smallest absolute Gasteiger partial charge is 0.195 e. The molecule has 13 rings (SSSR count). The molecule has 1 heterocycles. The summed E-state index contributed by atoms with van der Waals surface area (Å²) in [5.74, 6) is 1.78. The van der Waals surface area contributed by atoms with Crippen molar-refractivity contribution in [2.24, 2.45) is 0 Å². The van der Waals surface area contributed by atoms with Gasteiger partial charge in [-0.2, -0.15) is 0 Å². The zero-order valence-electron chi connectivity index (χ0n) is 39.0. The van der Waals surface area contributed by atoms with Gasteiger partial charge in [0.2, 0.25) is 0 Å². The molecule has 13 aromatic rings. The van der Waals surface area contributed by atoms with Gasteiger partial charge >= 0.3 is 0 Å². The van der Waals surface area contributed by atoms with Gasteiger partial charge < -0.3 is 0 Å². The molecule has 334 valence electrons. The Kier molecular flexibility index (Phi) is 10.5. The lowest BCUT2D eigenvalue weighted by Crippen LogP contribution is -2.01. The van der Waals surface area contributed by atoms with Crippen LogP contribution in [0.15, 0.2) is 255 Å². The van der Waals surface area contributed by atoms with Crippen molar-refractivity contribution in [3.05, 3.63) is 266 Å². The molecule has 12 aromatic carbocycles. The van der Waals surface area contributed by atoms with E-state index >= 15 is 0 Å². The zero-order valence-corrected chi connectivity index (χ0v) is 39.0. The Labute approximate surface area is 417 Å². The highest BCUT2D eigenvalue weighted by Gasteiger charge is 2.20. The van der Waals surface area contributed by atoms with Crippen LogP contribution in [0.1, 0.15) is 0 Å². The van der Waals surface area contributed by atoms with Crippen molar-refractivity contribution in [2.75, 3.05) is 0 Å².